The third-order valence-electron chi connectivity index (χ3n) is 4.58. The highest BCUT2D eigenvalue weighted by Crippen LogP contribution is 2.15. The van der Waals surface area contributed by atoms with Gasteiger partial charge in [-0.25, -0.2) is 0 Å². The molecule has 1 fully saturated rings. The average Bonchev–Trinajstić information content (AvgIpc) is 2.62. The van der Waals surface area contributed by atoms with Crippen molar-refractivity contribution in [2.24, 2.45) is 4.99 Å². The lowest BCUT2D eigenvalue weighted by Gasteiger charge is -2.36. The first kappa shape index (κ1) is 21.5. The molecule has 1 aromatic rings. The first-order valence-corrected chi connectivity index (χ1v) is 9.34. The minimum Gasteiger partial charge on any atom is -0.356 e. The number of halogens is 3. The fourth-order valence-corrected chi connectivity index (χ4v) is 3.23. The molecule has 1 aliphatic heterocycles. The average molecular weight is 385 g/mol. The summed E-state index contributed by atoms with van der Waals surface area (Å²) in [5.74, 6) is 0.827. The highest BCUT2D eigenvalue weighted by atomic mass is 19.4. The Balaban J connectivity index is 1.66. The topological polar surface area (TPSA) is 34.1 Å². The van der Waals surface area contributed by atoms with Crippen molar-refractivity contribution >= 4 is 5.96 Å². The molecule has 0 bridgehead atoms. The third-order valence-corrected chi connectivity index (χ3v) is 4.58. The quantitative estimate of drug-likeness (QED) is 0.444. The predicted octanol–water partition coefficient (Wildman–Crippen LogP) is 2.26. The Morgan fingerprint density at radius 3 is 2.41 bits per heavy atom. The molecule has 2 rings (SSSR count). The van der Waals surface area contributed by atoms with Crippen molar-refractivity contribution in [3.63, 3.8) is 0 Å². The fraction of sp³-hybridized carbons (Fsp3) is 0.632. The number of nitrogens with zero attached hydrogens (tertiary/aromatic N) is 4. The van der Waals surface area contributed by atoms with Crippen LogP contribution in [0.25, 0.3) is 0 Å². The van der Waals surface area contributed by atoms with E-state index in [1.807, 2.05) is 6.07 Å². The summed E-state index contributed by atoms with van der Waals surface area (Å²) in [4.78, 5) is 10.2. The molecular weight excluding hydrogens is 355 g/mol. The zero-order valence-electron chi connectivity index (χ0n) is 16.2. The van der Waals surface area contributed by atoms with E-state index >= 15 is 0 Å². The Morgan fingerprint density at radius 1 is 1.15 bits per heavy atom. The summed E-state index contributed by atoms with van der Waals surface area (Å²) in [6, 6.07) is 10.4. The predicted molar refractivity (Wildman–Crippen MR) is 103 cm³/mol. The molecule has 1 aliphatic rings. The molecule has 8 heteroatoms. The standard InChI is InChI=1S/C19H30F3N5/c1-23-18(24-9-6-10-25(2)16-19(20,21)22)27-13-11-26(12-14-27)15-17-7-4-3-5-8-17/h3-5,7-8H,6,9-16H2,1-2H3,(H,23,24). The first-order valence-electron chi connectivity index (χ1n) is 9.34. The van der Waals surface area contributed by atoms with Crippen LogP contribution in [0, 0.1) is 0 Å². The number of hydrogen-bond donors (Lipinski definition) is 1. The summed E-state index contributed by atoms with van der Waals surface area (Å²) >= 11 is 0. The number of benzene rings is 1. The Morgan fingerprint density at radius 2 is 1.81 bits per heavy atom. The van der Waals surface area contributed by atoms with Gasteiger partial charge in [0, 0.05) is 46.3 Å². The molecule has 0 aromatic heterocycles. The van der Waals surface area contributed by atoms with E-state index in [-0.39, 0.29) is 0 Å². The van der Waals surface area contributed by atoms with Crippen LogP contribution < -0.4 is 5.32 Å². The van der Waals surface area contributed by atoms with Crippen molar-refractivity contribution in [1.82, 2.24) is 20.0 Å². The fourth-order valence-electron chi connectivity index (χ4n) is 3.23. The molecule has 27 heavy (non-hydrogen) atoms. The number of nitrogens with one attached hydrogen (secondary N) is 1. The van der Waals surface area contributed by atoms with Crippen LogP contribution in [0.5, 0.6) is 0 Å². The maximum absolute atomic E-state index is 12.3. The van der Waals surface area contributed by atoms with Crippen LogP contribution in [-0.4, -0.2) is 86.7 Å². The zero-order valence-corrected chi connectivity index (χ0v) is 16.2. The van der Waals surface area contributed by atoms with E-state index < -0.39 is 12.7 Å². The molecule has 0 atom stereocenters. The third kappa shape index (κ3) is 8.17. The maximum atomic E-state index is 12.3. The van der Waals surface area contributed by atoms with E-state index in [9.17, 15) is 13.2 Å². The molecule has 1 aromatic carbocycles. The Labute approximate surface area is 159 Å². The van der Waals surface area contributed by atoms with E-state index in [0.717, 1.165) is 38.7 Å². The van der Waals surface area contributed by atoms with E-state index in [1.54, 1.807) is 7.05 Å². The highest BCUT2D eigenvalue weighted by molar-refractivity contribution is 5.79. The number of piperazine rings is 1. The molecule has 152 valence electrons. The molecule has 1 N–H and O–H groups in total. The van der Waals surface area contributed by atoms with Crippen LogP contribution in [0.1, 0.15) is 12.0 Å². The normalized spacial score (nSPS) is 16.8. The van der Waals surface area contributed by atoms with Gasteiger partial charge in [-0.1, -0.05) is 30.3 Å². The molecule has 5 nitrogen and oxygen atoms in total. The van der Waals surface area contributed by atoms with Gasteiger partial charge in [-0.15, -0.1) is 0 Å². The zero-order chi connectivity index (χ0) is 19.7. The maximum Gasteiger partial charge on any atom is 0.401 e. The molecule has 1 heterocycles. The van der Waals surface area contributed by atoms with Gasteiger partial charge in [-0.05, 0) is 25.6 Å². The molecule has 0 amide bonds. The number of hydrogen-bond acceptors (Lipinski definition) is 3. The minimum atomic E-state index is -4.14. The van der Waals surface area contributed by atoms with Gasteiger partial charge < -0.3 is 10.2 Å². The van der Waals surface area contributed by atoms with Gasteiger partial charge in [0.2, 0.25) is 0 Å². The molecule has 1 saturated heterocycles. The van der Waals surface area contributed by atoms with Gasteiger partial charge in [0.05, 0.1) is 6.54 Å². The summed E-state index contributed by atoms with van der Waals surface area (Å²) in [6.07, 6.45) is -3.50. The van der Waals surface area contributed by atoms with Gasteiger partial charge in [0.25, 0.3) is 0 Å². The summed E-state index contributed by atoms with van der Waals surface area (Å²) in [6.45, 7) is 4.79. The molecule has 0 spiro atoms. The number of alkyl halides is 3. The lowest BCUT2D eigenvalue weighted by molar-refractivity contribution is -0.143. The molecule has 0 saturated carbocycles. The summed E-state index contributed by atoms with van der Waals surface area (Å²) in [5, 5.41) is 3.27. The van der Waals surface area contributed by atoms with E-state index in [1.165, 1.54) is 17.5 Å². The van der Waals surface area contributed by atoms with Crippen molar-refractivity contribution in [3.8, 4) is 0 Å². The van der Waals surface area contributed by atoms with Crippen LogP contribution >= 0.6 is 0 Å². The lowest BCUT2D eigenvalue weighted by atomic mass is 10.2. The highest BCUT2D eigenvalue weighted by Gasteiger charge is 2.28. The second kappa shape index (κ2) is 10.5. The Hall–Kier alpha value is -1.80. The minimum absolute atomic E-state index is 0.397. The van der Waals surface area contributed by atoms with Gasteiger partial charge in [-0.3, -0.25) is 14.8 Å². The van der Waals surface area contributed by atoms with E-state index in [4.69, 9.17) is 0 Å². The van der Waals surface area contributed by atoms with Crippen LogP contribution in [0.4, 0.5) is 13.2 Å². The van der Waals surface area contributed by atoms with Gasteiger partial charge in [0.1, 0.15) is 0 Å². The molecule has 0 radical (unpaired) electrons. The van der Waals surface area contributed by atoms with Gasteiger partial charge >= 0.3 is 6.18 Å². The SMILES string of the molecule is CN=C(NCCCN(C)CC(F)(F)F)N1CCN(Cc2ccccc2)CC1. The summed E-state index contributed by atoms with van der Waals surface area (Å²) in [5.41, 5.74) is 1.32. The van der Waals surface area contributed by atoms with Gasteiger partial charge in [-0.2, -0.15) is 13.2 Å². The monoisotopic (exact) mass is 385 g/mol. The molecule has 0 aliphatic carbocycles. The van der Waals surface area contributed by atoms with Crippen molar-refractivity contribution < 1.29 is 13.2 Å². The van der Waals surface area contributed by atoms with Crippen LogP contribution in [0.2, 0.25) is 0 Å². The molecule has 0 unspecified atom stereocenters. The summed E-state index contributed by atoms with van der Waals surface area (Å²) in [7, 11) is 3.24. The second-order valence-corrected chi connectivity index (χ2v) is 6.93. The van der Waals surface area contributed by atoms with E-state index in [2.05, 4.69) is 44.4 Å². The van der Waals surface area contributed by atoms with Crippen molar-refractivity contribution in [2.75, 3.05) is 59.9 Å². The largest absolute Gasteiger partial charge is 0.401 e. The first-order chi connectivity index (χ1) is 12.9. The van der Waals surface area contributed by atoms with Crippen molar-refractivity contribution in [1.29, 1.82) is 0 Å². The summed E-state index contributed by atoms with van der Waals surface area (Å²) < 4.78 is 37.0. The van der Waals surface area contributed by atoms with E-state index in [0.29, 0.717) is 19.5 Å². The number of aliphatic imine (C=N–C) groups is 1. The van der Waals surface area contributed by atoms with Crippen molar-refractivity contribution in [2.45, 2.75) is 19.1 Å². The second-order valence-electron chi connectivity index (χ2n) is 6.93. The van der Waals surface area contributed by atoms with Gasteiger partial charge in [0.15, 0.2) is 5.96 Å². The molecular formula is C19H30F3N5. The lowest BCUT2D eigenvalue weighted by Crippen LogP contribution is -2.52. The van der Waals surface area contributed by atoms with Crippen LogP contribution in [0.3, 0.4) is 0 Å². The smallest absolute Gasteiger partial charge is 0.356 e. The van der Waals surface area contributed by atoms with Crippen LogP contribution in [0.15, 0.2) is 35.3 Å². The number of guanidine groups is 1. The van der Waals surface area contributed by atoms with Crippen molar-refractivity contribution in [3.05, 3.63) is 35.9 Å². The Bertz CT molecular complexity index is 568. The Kier molecular flexibility index (Phi) is 8.37. The number of rotatable bonds is 7. The van der Waals surface area contributed by atoms with Crippen LogP contribution in [-0.2, 0) is 6.54 Å².